The van der Waals surface area contributed by atoms with Crippen molar-refractivity contribution in [3.63, 3.8) is 0 Å². The number of ether oxygens (including phenoxy) is 1. The van der Waals surface area contributed by atoms with E-state index in [1.165, 1.54) is 5.56 Å². The summed E-state index contributed by atoms with van der Waals surface area (Å²) in [5.41, 5.74) is 1.30. The van der Waals surface area contributed by atoms with Gasteiger partial charge in [-0.25, -0.2) is 0 Å². The minimum atomic E-state index is 0.397. The van der Waals surface area contributed by atoms with E-state index >= 15 is 0 Å². The summed E-state index contributed by atoms with van der Waals surface area (Å²) in [6.07, 6.45) is 2.25. The maximum Gasteiger partial charge on any atom is 0.0542 e. The summed E-state index contributed by atoms with van der Waals surface area (Å²) in [6.45, 7) is 4.89. The molecular weight excluding hydrogens is 361 g/mol. The molecule has 1 fully saturated rings. The molecule has 2 rings (SSSR count). The van der Waals surface area contributed by atoms with E-state index in [4.69, 9.17) is 16.3 Å². The van der Waals surface area contributed by atoms with Crippen LogP contribution < -0.4 is 5.32 Å². The predicted molar refractivity (Wildman–Crippen MR) is 84.1 cm³/mol. The second-order valence-corrected chi connectivity index (χ2v) is 6.23. The smallest absolute Gasteiger partial charge is 0.0542 e. The molecule has 0 bridgehead atoms. The third kappa shape index (κ3) is 3.59. The molecule has 1 unspecified atom stereocenters. The van der Waals surface area contributed by atoms with Crippen molar-refractivity contribution in [3.05, 3.63) is 32.4 Å². The summed E-state index contributed by atoms with van der Waals surface area (Å²) in [6, 6.07) is 6.79. The van der Waals surface area contributed by atoms with Crippen molar-refractivity contribution < 1.29 is 4.74 Å². The predicted octanol–water partition coefficient (Wildman–Crippen LogP) is 4.02. The van der Waals surface area contributed by atoms with E-state index in [0.29, 0.717) is 12.0 Å². The Labute approximate surface area is 128 Å². The van der Waals surface area contributed by atoms with Crippen molar-refractivity contribution in [3.8, 4) is 0 Å². The maximum absolute atomic E-state index is 6.24. The highest BCUT2D eigenvalue weighted by atomic mass is 127. The number of hydrogen-bond donors (Lipinski definition) is 1. The van der Waals surface area contributed by atoms with E-state index in [9.17, 15) is 0 Å². The molecule has 0 aromatic heterocycles. The van der Waals surface area contributed by atoms with Crippen molar-refractivity contribution in [1.82, 2.24) is 5.32 Å². The zero-order valence-corrected chi connectivity index (χ0v) is 13.5. The molecule has 1 aromatic carbocycles. The van der Waals surface area contributed by atoms with Gasteiger partial charge in [0.15, 0.2) is 0 Å². The zero-order chi connectivity index (χ0) is 13.0. The van der Waals surface area contributed by atoms with Crippen LogP contribution >= 0.6 is 34.2 Å². The Balaban J connectivity index is 2.19. The Morgan fingerprint density at radius 3 is 2.78 bits per heavy atom. The quantitative estimate of drug-likeness (QED) is 0.798. The SMILES string of the molecule is CCNC(c1ccc(I)c(Cl)c1)C1CCOCC1. The minimum Gasteiger partial charge on any atom is -0.381 e. The van der Waals surface area contributed by atoms with Crippen LogP contribution in [0, 0.1) is 9.49 Å². The highest BCUT2D eigenvalue weighted by Gasteiger charge is 2.25. The normalized spacial score (nSPS) is 18.8. The molecule has 0 saturated carbocycles. The summed E-state index contributed by atoms with van der Waals surface area (Å²) < 4.78 is 6.56. The lowest BCUT2D eigenvalue weighted by molar-refractivity contribution is 0.0538. The molecule has 1 aromatic rings. The Morgan fingerprint density at radius 1 is 1.44 bits per heavy atom. The van der Waals surface area contributed by atoms with E-state index in [0.717, 1.165) is 41.2 Å². The molecule has 0 aliphatic carbocycles. The largest absolute Gasteiger partial charge is 0.381 e. The van der Waals surface area contributed by atoms with Gasteiger partial charge in [0.2, 0.25) is 0 Å². The summed E-state index contributed by atoms with van der Waals surface area (Å²) >= 11 is 8.50. The Morgan fingerprint density at radius 2 is 2.17 bits per heavy atom. The van der Waals surface area contributed by atoms with Crippen LogP contribution in [-0.4, -0.2) is 19.8 Å². The van der Waals surface area contributed by atoms with Crippen molar-refractivity contribution >= 4 is 34.2 Å². The molecule has 1 N–H and O–H groups in total. The molecule has 100 valence electrons. The van der Waals surface area contributed by atoms with Crippen LogP contribution in [0.25, 0.3) is 0 Å². The molecule has 0 spiro atoms. The van der Waals surface area contributed by atoms with E-state index in [1.807, 2.05) is 0 Å². The van der Waals surface area contributed by atoms with Crippen molar-refractivity contribution in [1.29, 1.82) is 0 Å². The number of hydrogen-bond acceptors (Lipinski definition) is 2. The molecule has 2 nitrogen and oxygen atoms in total. The molecule has 1 aliphatic rings. The first kappa shape index (κ1) is 14.6. The fourth-order valence-electron chi connectivity index (χ4n) is 2.53. The highest BCUT2D eigenvalue weighted by Crippen LogP contribution is 2.32. The summed E-state index contributed by atoms with van der Waals surface area (Å²) in [5, 5.41) is 4.45. The monoisotopic (exact) mass is 379 g/mol. The van der Waals surface area contributed by atoms with Crippen molar-refractivity contribution in [2.75, 3.05) is 19.8 Å². The fraction of sp³-hybridized carbons (Fsp3) is 0.571. The van der Waals surface area contributed by atoms with Crippen LogP contribution in [0.3, 0.4) is 0 Å². The zero-order valence-electron chi connectivity index (χ0n) is 10.6. The Kier molecular flexibility index (Phi) is 5.73. The Hall–Kier alpha value is 0.160. The highest BCUT2D eigenvalue weighted by molar-refractivity contribution is 14.1. The van der Waals surface area contributed by atoms with Gasteiger partial charge in [0.25, 0.3) is 0 Å². The van der Waals surface area contributed by atoms with E-state index in [-0.39, 0.29) is 0 Å². The van der Waals surface area contributed by atoms with E-state index in [2.05, 4.69) is 53.0 Å². The topological polar surface area (TPSA) is 21.3 Å². The van der Waals surface area contributed by atoms with Gasteiger partial charge in [-0.05, 0) is 65.6 Å². The molecule has 1 aliphatic heterocycles. The second kappa shape index (κ2) is 7.08. The average molecular weight is 380 g/mol. The van der Waals surface area contributed by atoms with Gasteiger partial charge >= 0.3 is 0 Å². The number of benzene rings is 1. The first-order valence-electron chi connectivity index (χ1n) is 6.48. The third-order valence-electron chi connectivity index (χ3n) is 3.46. The van der Waals surface area contributed by atoms with Crippen LogP contribution in [0.2, 0.25) is 5.02 Å². The molecule has 1 atom stereocenters. The lowest BCUT2D eigenvalue weighted by atomic mass is 9.87. The van der Waals surface area contributed by atoms with Crippen molar-refractivity contribution in [2.45, 2.75) is 25.8 Å². The molecular formula is C14H19ClINO. The number of rotatable bonds is 4. The van der Waals surface area contributed by atoms with Gasteiger partial charge in [0.1, 0.15) is 0 Å². The molecule has 0 amide bonds. The standard InChI is InChI=1S/C14H19ClINO/c1-2-17-14(10-5-7-18-8-6-10)11-3-4-13(16)12(15)9-11/h3-4,9-10,14,17H,2,5-8H2,1H3. The van der Waals surface area contributed by atoms with Crippen LogP contribution in [0.4, 0.5) is 0 Å². The molecule has 0 radical (unpaired) electrons. The number of halogens is 2. The average Bonchev–Trinajstić information content (AvgIpc) is 2.40. The van der Waals surface area contributed by atoms with Gasteiger partial charge in [0, 0.05) is 22.8 Å². The van der Waals surface area contributed by atoms with Crippen LogP contribution in [0.5, 0.6) is 0 Å². The van der Waals surface area contributed by atoms with Crippen LogP contribution in [0.15, 0.2) is 18.2 Å². The maximum atomic E-state index is 6.24. The van der Waals surface area contributed by atoms with Gasteiger partial charge < -0.3 is 10.1 Å². The number of nitrogens with one attached hydrogen (secondary N) is 1. The van der Waals surface area contributed by atoms with Gasteiger partial charge in [-0.15, -0.1) is 0 Å². The summed E-state index contributed by atoms with van der Waals surface area (Å²) in [5.74, 6) is 0.648. The minimum absolute atomic E-state index is 0.397. The van der Waals surface area contributed by atoms with Gasteiger partial charge in [-0.3, -0.25) is 0 Å². The molecule has 1 saturated heterocycles. The van der Waals surface area contributed by atoms with Crippen LogP contribution in [-0.2, 0) is 4.74 Å². The first-order valence-corrected chi connectivity index (χ1v) is 7.94. The second-order valence-electron chi connectivity index (χ2n) is 4.66. The van der Waals surface area contributed by atoms with Gasteiger partial charge in [-0.2, -0.15) is 0 Å². The van der Waals surface area contributed by atoms with Crippen LogP contribution in [0.1, 0.15) is 31.4 Å². The summed E-state index contributed by atoms with van der Waals surface area (Å²) in [4.78, 5) is 0. The first-order chi connectivity index (χ1) is 8.72. The van der Waals surface area contributed by atoms with E-state index in [1.54, 1.807) is 0 Å². The molecule has 4 heteroatoms. The van der Waals surface area contributed by atoms with E-state index < -0.39 is 0 Å². The molecule has 18 heavy (non-hydrogen) atoms. The lowest BCUT2D eigenvalue weighted by Gasteiger charge is -2.31. The molecule has 1 heterocycles. The Bertz CT molecular complexity index is 393. The van der Waals surface area contributed by atoms with Gasteiger partial charge in [-0.1, -0.05) is 24.6 Å². The summed E-state index contributed by atoms with van der Waals surface area (Å²) in [7, 11) is 0. The van der Waals surface area contributed by atoms with Gasteiger partial charge in [0.05, 0.1) is 5.02 Å². The third-order valence-corrected chi connectivity index (χ3v) is 5.04. The van der Waals surface area contributed by atoms with Crippen molar-refractivity contribution in [2.24, 2.45) is 5.92 Å². The lowest BCUT2D eigenvalue weighted by Crippen LogP contribution is -2.32. The fourth-order valence-corrected chi connectivity index (χ4v) is 3.06.